The van der Waals surface area contributed by atoms with Gasteiger partial charge in [0.25, 0.3) is 0 Å². The smallest absolute Gasteiger partial charge is 0.321 e. The fourth-order valence-electron chi connectivity index (χ4n) is 1.15. The summed E-state index contributed by atoms with van der Waals surface area (Å²) >= 11 is 0. The van der Waals surface area contributed by atoms with E-state index in [-0.39, 0.29) is 0 Å². The van der Waals surface area contributed by atoms with Gasteiger partial charge in [0.2, 0.25) is 10.0 Å². The first-order valence-electron chi connectivity index (χ1n) is 4.67. The maximum absolute atomic E-state index is 13.3. The second-order valence-electron chi connectivity index (χ2n) is 3.27. The Kier molecular flexibility index (Phi) is 4.19. The molecular weight excluding hydrogens is 249 g/mol. The molecule has 1 aromatic rings. The van der Waals surface area contributed by atoms with Gasteiger partial charge in [-0.25, -0.2) is 12.8 Å². The van der Waals surface area contributed by atoms with E-state index in [4.69, 9.17) is 0 Å². The molecule has 17 heavy (non-hydrogen) atoms. The summed E-state index contributed by atoms with van der Waals surface area (Å²) in [6.07, 6.45) is 0. The molecule has 0 spiro atoms. The molecule has 7 heteroatoms. The molecule has 0 bridgehead atoms. The first kappa shape index (κ1) is 13.6. The molecule has 0 saturated carbocycles. The zero-order chi connectivity index (χ0) is 13.1. The number of methoxy groups -OCH3 is 1. The van der Waals surface area contributed by atoms with Gasteiger partial charge in [-0.1, -0.05) is 12.1 Å². The minimum Gasteiger partial charge on any atom is -0.468 e. The lowest BCUT2D eigenvalue weighted by atomic mass is 10.4. The van der Waals surface area contributed by atoms with Gasteiger partial charge in [0, 0.05) is 7.05 Å². The Morgan fingerprint density at radius 2 is 2.00 bits per heavy atom. The van der Waals surface area contributed by atoms with Crippen molar-refractivity contribution in [1.82, 2.24) is 4.31 Å². The summed E-state index contributed by atoms with van der Waals surface area (Å²) in [5.74, 6) is -1.57. The lowest BCUT2D eigenvalue weighted by molar-refractivity contribution is -0.140. The second kappa shape index (κ2) is 5.24. The molecule has 94 valence electrons. The van der Waals surface area contributed by atoms with Crippen LogP contribution >= 0.6 is 0 Å². The summed E-state index contributed by atoms with van der Waals surface area (Å²) < 4.78 is 42.2. The molecule has 0 radical (unpaired) electrons. The summed E-state index contributed by atoms with van der Waals surface area (Å²) in [4.78, 5) is 10.5. The number of carbonyl (C=O) groups excluding carboxylic acids is 1. The van der Waals surface area contributed by atoms with Gasteiger partial charge in [0.15, 0.2) is 0 Å². The Bertz CT molecular complexity index is 515. The van der Waals surface area contributed by atoms with Crippen molar-refractivity contribution in [3.05, 3.63) is 30.1 Å². The van der Waals surface area contributed by atoms with E-state index in [9.17, 15) is 17.6 Å². The minimum atomic E-state index is -4.02. The van der Waals surface area contributed by atoms with Crippen LogP contribution in [-0.2, 0) is 19.6 Å². The molecule has 0 amide bonds. The highest BCUT2D eigenvalue weighted by molar-refractivity contribution is 7.89. The number of ether oxygens (including phenoxy) is 1. The van der Waals surface area contributed by atoms with Crippen molar-refractivity contribution < 1.29 is 22.3 Å². The maximum Gasteiger partial charge on any atom is 0.321 e. The highest BCUT2D eigenvalue weighted by atomic mass is 32.2. The number of benzene rings is 1. The minimum absolute atomic E-state index is 0.465. The first-order valence-corrected chi connectivity index (χ1v) is 6.11. The predicted octanol–water partition coefficient (Wildman–Crippen LogP) is 0.619. The SMILES string of the molecule is COC(=O)CN(C)S(=O)(=O)c1ccccc1F. The number of nitrogens with zero attached hydrogens (tertiary/aromatic N) is 1. The quantitative estimate of drug-likeness (QED) is 0.745. The molecule has 0 saturated heterocycles. The zero-order valence-electron chi connectivity index (χ0n) is 9.38. The highest BCUT2D eigenvalue weighted by Crippen LogP contribution is 2.17. The van der Waals surface area contributed by atoms with Crippen LogP contribution in [-0.4, -0.2) is 39.4 Å². The van der Waals surface area contributed by atoms with E-state index in [0.717, 1.165) is 23.5 Å². The van der Waals surface area contributed by atoms with Crippen LogP contribution in [0, 0.1) is 5.82 Å². The third kappa shape index (κ3) is 3.01. The molecular formula is C10H12FNO4S. The normalized spacial score (nSPS) is 11.5. The van der Waals surface area contributed by atoms with Gasteiger partial charge in [-0.15, -0.1) is 0 Å². The number of esters is 1. The van der Waals surface area contributed by atoms with Crippen molar-refractivity contribution >= 4 is 16.0 Å². The van der Waals surface area contributed by atoms with Crippen molar-refractivity contribution in [2.24, 2.45) is 0 Å². The lowest BCUT2D eigenvalue weighted by Crippen LogP contribution is -2.33. The zero-order valence-corrected chi connectivity index (χ0v) is 10.2. The molecule has 0 aliphatic carbocycles. The Hall–Kier alpha value is -1.47. The van der Waals surface area contributed by atoms with Crippen molar-refractivity contribution in [2.75, 3.05) is 20.7 Å². The van der Waals surface area contributed by atoms with Gasteiger partial charge in [0.05, 0.1) is 7.11 Å². The van der Waals surface area contributed by atoms with Crippen molar-refractivity contribution in [1.29, 1.82) is 0 Å². The number of sulfonamides is 1. The molecule has 1 aromatic carbocycles. The number of hydrogen-bond acceptors (Lipinski definition) is 4. The Balaban J connectivity index is 3.04. The van der Waals surface area contributed by atoms with E-state index < -0.39 is 33.3 Å². The van der Waals surface area contributed by atoms with Gasteiger partial charge in [-0.3, -0.25) is 4.79 Å². The molecule has 0 N–H and O–H groups in total. The fraction of sp³-hybridized carbons (Fsp3) is 0.300. The molecule has 1 rings (SSSR count). The fourth-order valence-corrected chi connectivity index (χ4v) is 2.33. The van der Waals surface area contributed by atoms with E-state index in [0.29, 0.717) is 0 Å². The van der Waals surface area contributed by atoms with Crippen molar-refractivity contribution in [3.8, 4) is 0 Å². The monoisotopic (exact) mass is 261 g/mol. The van der Waals surface area contributed by atoms with Crippen LogP contribution in [0.5, 0.6) is 0 Å². The standard InChI is InChI=1S/C10H12FNO4S/c1-12(7-10(13)16-2)17(14,15)9-6-4-3-5-8(9)11/h3-6H,7H2,1-2H3. The van der Waals surface area contributed by atoms with Gasteiger partial charge in [0.1, 0.15) is 17.3 Å². The molecule has 0 aliphatic heterocycles. The highest BCUT2D eigenvalue weighted by Gasteiger charge is 2.25. The summed E-state index contributed by atoms with van der Waals surface area (Å²) in [5, 5.41) is 0. The van der Waals surface area contributed by atoms with Gasteiger partial charge in [-0.05, 0) is 12.1 Å². The lowest BCUT2D eigenvalue weighted by Gasteiger charge is -2.15. The number of halogens is 1. The van der Waals surface area contributed by atoms with Crippen LogP contribution in [0.2, 0.25) is 0 Å². The summed E-state index contributed by atoms with van der Waals surface area (Å²) in [6, 6.07) is 4.97. The van der Waals surface area contributed by atoms with E-state index in [1.165, 1.54) is 19.2 Å². The molecule has 0 fully saturated rings. The molecule has 5 nitrogen and oxygen atoms in total. The van der Waals surface area contributed by atoms with E-state index in [1.807, 2.05) is 0 Å². The van der Waals surface area contributed by atoms with Crippen LogP contribution in [0.4, 0.5) is 4.39 Å². The predicted molar refractivity (Wildman–Crippen MR) is 58.2 cm³/mol. The van der Waals surface area contributed by atoms with Crippen LogP contribution in [0.3, 0.4) is 0 Å². The number of hydrogen-bond donors (Lipinski definition) is 0. The van der Waals surface area contributed by atoms with E-state index in [2.05, 4.69) is 4.74 Å². The molecule has 0 aliphatic rings. The Morgan fingerprint density at radius 1 is 1.41 bits per heavy atom. The van der Waals surface area contributed by atoms with E-state index in [1.54, 1.807) is 0 Å². The van der Waals surface area contributed by atoms with Crippen molar-refractivity contribution in [2.45, 2.75) is 4.90 Å². The molecule has 0 atom stereocenters. The van der Waals surface area contributed by atoms with E-state index >= 15 is 0 Å². The van der Waals surface area contributed by atoms with Crippen LogP contribution < -0.4 is 0 Å². The molecule has 0 heterocycles. The van der Waals surface area contributed by atoms with Gasteiger partial charge >= 0.3 is 5.97 Å². The van der Waals surface area contributed by atoms with Crippen LogP contribution in [0.25, 0.3) is 0 Å². The average Bonchev–Trinajstić information content (AvgIpc) is 2.29. The average molecular weight is 261 g/mol. The molecule has 0 aromatic heterocycles. The number of likely N-dealkylation sites (N-methyl/N-ethyl adjacent to an activating group) is 1. The first-order chi connectivity index (χ1) is 7.89. The van der Waals surface area contributed by atoms with Crippen LogP contribution in [0.1, 0.15) is 0 Å². The van der Waals surface area contributed by atoms with Gasteiger partial charge < -0.3 is 4.74 Å². The Labute approximate surface area is 98.9 Å². The Morgan fingerprint density at radius 3 is 2.53 bits per heavy atom. The topological polar surface area (TPSA) is 63.7 Å². The van der Waals surface area contributed by atoms with Gasteiger partial charge in [-0.2, -0.15) is 4.31 Å². The summed E-state index contributed by atoms with van der Waals surface area (Å²) in [5.41, 5.74) is 0. The maximum atomic E-state index is 13.3. The summed E-state index contributed by atoms with van der Waals surface area (Å²) in [7, 11) is -1.69. The number of carbonyl (C=O) groups is 1. The number of rotatable bonds is 4. The third-order valence-electron chi connectivity index (χ3n) is 2.10. The molecule has 0 unspecified atom stereocenters. The largest absolute Gasteiger partial charge is 0.468 e. The summed E-state index contributed by atoms with van der Waals surface area (Å²) in [6.45, 7) is -0.465. The van der Waals surface area contributed by atoms with Crippen molar-refractivity contribution in [3.63, 3.8) is 0 Å². The third-order valence-corrected chi connectivity index (χ3v) is 3.94. The second-order valence-corrected chi connectivity index (χ2v) is 5.28. The van der Waals surface area contributed by atoms with Crippen LogP contribution in [0.15, 0.2) is 29.2 Å².